The molecule has 0 fully saturated rings. The smallest absolute Gasteiger partial charge is 0.0565 e. The van der Waals surface area contributed by atoms with Crippen LogP contribution in [0.4, 0.5) is 0 Å². The van der Waals surface area contributed by atoms with Gasteiger partial charge in [0.25, 0.3) is 0 Å². The van der Waals surface area contributed by atoms with Crippen molar-refractivity contribution in [2.24, 2.45) is 0 Å². The van der Waals surface area contributed by atoms with E-state index in [-0.39, 0.29) is 5.54 Å². The van der Waals surface area contributed by atoms with Gasteiger partial charge in [-0.25, -0.2) is 0 Å². The minimum Gasteiger partial charge on any atom is -0.380 e. The largest absolute Gasteiger partial charge is 0.380 e. The maximum atomic E-state index is 3.88. The lowest BCUT2D eigenvalue weighted by atomic mass is 9.86. The molecule has 0 amide bonds. The maximum Gasteiger partial charge on any atom is 0.0565 e. The molecule has 0 aromatic carbocycles. The highest BCUT2D eigenvalue weighted by Crippen LogP contribution is 2.25. The molecule has 1 heteroatoms. The average molecular weight is 177 g/mol. The molecule has 1 N–H and O–H groups in total. The fourth-order valence-corrected chi connectivity index (χ4v) is 1.75. The van der Waals surface area contributed by atoms with Gasteiger partial charge >= 0.3 is 0 Å². The lowest BCUT2D eigenvalue weighted by Crippen LogP contribution is -2.39. The second-order valence-corrected chi connectivity index (χ2v) is 4.24. The number of nitrogens with one attached hydrogen (secondary N) is 1. The zero-order chi connectivity index (χ0) is 10.1. The fourth-order valence-electron chi connectivity index (χ4n) is 1.75. The second kappa shape index (κ2) is 3.41. The predicted molar refractivity (Wildman–Crippen MR) is 58.5 cm³/mol. The van der Waals surface area contributed by atoms with Gasteiger partial charge in [0.1, 0.15) is 0 Å². The van der Waals surface area contributed by atoms with Crippen LogP contribution in [0.2, 0.25) is 0 Å². The highest BCUT2D eigenvalue weighted by molar-refractivity contribution is 5.35. The van der Waals surface area contributed by atoms with E-state index in [1.54, 1.807) is 0 Å². The Labute approximate surface area is 81.2 Å². The van der Waals surface area contributed by atoms with Crippen molar-refractivity contribution in [2.45, 2.75) is 39.7 Å². The number of hydrogen-bond donors (Lipinski definition) is 1. The molecule has 13 heavy (non-hydrogen) atoms. The zero-order valence-electron chi connectivity index (χ0n) is 9.07. The quantitative estimate of drug-likeness (QED) is 0.683. The highest BCUT2D eigenvalue weighted by Gasteiger charge is 2.22. The van der Waals surface area contributed by atoms with Crippen LogP contribution in [0.25, 0.3) is 0 Å². The summed E-state index contributed by atoms with van der Waals surface area (Å²) in [5.41, 5.74) is 3.85. The van der Waals surface area contributed by atoms with E-state index in [2.05, 4.69) is 44.8 Å². The third-order valence-electron chi connectivity index (χ3n) is 2.49. The van der Waals surface area contributed by atoms with Crippen molar-refractivity contribution in [2.75, 3.05) is 0 Å². The maximum absolute atomic E-state index is 3.88. The van der Waals surface area contributed by atoms with E-state index >= 15 is 0 Å². The van der Waals surface area contributed by atoms with Crippen LogP contribution in [-0.4, -0.2) is 5.54 Å². The van der Waals surface area contributed by atoms with Gasteiger partial charge in [-0.1, -0.05) is 29.9 Å². The summed E-state index contributed by atoms with van der Waals surface area (Å²) in [6, 6.07) is 0. The van der Waals surface area contributed by atoms with Crippen molar-refractivity contribution >= 4 is 0 Å². The standard InChI is InChI=1S/C12H19N/c1-9(2)13-12(5)7-6-10(3)11(4)8-12/h6,8,13H,1,7H2,2-5H3. The first-order valence-electron chi connectivity index (χ1n) is 4.73. The Kier molecular flexibility index (Phi) is 2.65. The van der Waals surface area contributed by atoms with Crippen LogP contribution >= 0.6 is 0 Å². The SMILES string of the molecule is C=C(C)NC1(C)C=C(C)C(C)=CC1. The van der Waals surface area contributed by atoms with Crippen LogP contribution in [0.1, 0.15) is 34.1 Å². The highest BCUT2D eigenvalue weighted by atomic mass is 15.0. The number of allylic oxidation sites excluding steroid dienone is 3. The van der Waals surface area contributed by atoms with Crippen molar-refractivity contribution in [3.05, 3.63) is 35.6 Å². The Hall–Kier alpha value is -0.980. The summed E-state index contributed by atoms with van der Waals surface area (Å²) in [6.45, 7) is 12.4. The van der Waals surface area contributed by atoms with Crippen LogP contribution in [0.5, 0.6) is 0 Å². The van der Waals surface area contributed by atoms with Crippen molar-refractivity contribution in [3.8, 4) is 0 Å². The van der Waals surface area contributed by atoms with E-state index in [1.807, 2.05) is 6.92 Å². The van der Waals surface area contributed by atoms with Gasteiger partial charge in [0.05, 0.1) is 5.54 Å². The zero-order valence-corrected chi connectivity index (χ0v) is 9.07. The van der Waals surface area contributed by atoms with Gasteiger partial charge in [0, 0.05) is 5.70 Å². The third-order valence-corrected chi connectivity index (χ3v) is 2.49. The predicted octanol–water partition coefficient (Wildman–Crippen LogP) is 3.16. The lowest BCUT2D eigenvalue weighted by Gasteiger charge is -2.31. The van der Waals surface area contributed by atoms with Gasteiger partial charge < -0.3 is 5.32 Å². The van der Waals surface area contributed by atoms with E-state index < -0.39 is 0 Å². The minimum atomic E-state index is 0.0649. The van der Waals surface area contributed by atoms with Gasteiger partial charge in [-0.15, -0.1) is 0 Å². The van der Waals surface area contributed by atoms with E-state index in [9.17, 15) is 0 Å². The normalized spacial score (nSPS) is 27.7. The van der Waals surface area contributed by atoms with Crippen LogP contribution in [0.3, 0.4) is 0 Å². The molecule has 1 aliphatic rings. The molecule has 0 aromatic heterocycles. The molecule has 0 aliphatic heterocycles. The summed E-state index contributed by atoms with van der Waals surface area (Å²) in [6.07, 6.45) is 5.62. The Morgan fingerprint density at radius 3 is 2.54 bits per heavy atom. The molecule has 0 bridgehead atoms. The van der Waals surface area contributed by atoms with Gasteiger partial charge in [-0.2, -0.15) is 0 Å². The van der Waals surface area contributed by atoms with Crippen molar-refractivity contribution in [1.82, 2.24) is 5.32 Å². The molecule has 1 unspecified atom stereocenters. The van der Waals surface area contributed by atoms with Crippen molar-refractivity contribution in [3.63, 3.8) is 0 Å². The van der Waals surface area contributed by atoms with Gasteiger partial charge in [0.2, 0.25) is 0 Å². The Bertz CT molecular complexity index is 283. The van der Waals surface area contributed by atoms with Crippen molar-refractivity contribution in [1.29, 1.82) is 0 Å². The first-order chi connectivity index (χ1) is 5.93. The van der Waals surface area contributed by atoms with Crippen molar-refractivity contribution < 1.29 is 0 Å². The molecule has 72 valence electrons. The van der Waals surface area contributed by atoms with Gasteiger partial charge in [-0.05, 0) is 34.1 Å². The Morgan fingerprint density at radius 1 is 1.46 bits per heavy atom. The average Bonchev–Trinajstić information content (AvgIpc) is 1.96. The first-order valence-corrected chi connectivity index (χ1v) is 4.73. The molecule has 0 saturated carbocycles. The summed E-state index contributed by atoms with van der Waals surface area (Å²) in [5, 5.41) is 3.39. The van der Waals surface area contributed by atoms with Crippen LogP contribution < -0.4 is 5.32 Å². The van der Waals surface area contributed by atoms with Crippen LogP contribution in [0.15, 0.2) is 35.6 Å². The topological polar surface area (TPSA) is 12.0 Å². The van der Waals surface area contributed by atoms with Gasteiger partial charge in [0.15, 0.2) is 0 Å². The third kappa shape index (κ3) is 2.48. The van der Waals surface area contributed by atoms with E-state index in [1.165, 1.54) is 11.1 Å². The molecule has 0 radical (unpaired) electrons. The molecular weight excluding hydrogens is 158 g/mol. The van der Waals surface area contributed by atoms with Gasteiger partial charge in [-0.3, -0.25) is 0 Å². The summed E-state index contributed by atoms with van der Waals surface area (Å²) < 4.78 is 0. The van der Waals surface area contributed by atoms with E-state index in [4.69, 9.17) is 0 Å². The Morgan fingerprint density at radius 2 is 2.08 bits per heavy atom. The molecule has 0 aromatic rings. The van der Waals surface area contributed by atoms with E-state index in [0.29, 0.717) is 0 Å². The molecular formula is C12H19N. The lowest BCUT2D eigenvalue weighted by molar-refractivity contribution is 0.481. The molecule has 0 heterocycles. The number of hydrogen-bond acceptors (Lipinski definition) is 1. The molecule has 0 spiro atoms. The molecule has 1 atom stereocenters. The van der Waals surface area contributed by atoms with Crippen LogP contribution in [0, 0.1) is 0 Å². The Balaban J connectivity index is 2.81. The van der Waals surface area contributed by atoms with Crippen LogP contribution in [-0.2, 0) is 0 Å². The first kappa shape index (κ1) is 10.1. The monoisotopic (exact) mass is 177 g/mol. The summed E-state index contributed by atoms with van der Waals surface area (Å²) in [7, 11) is 0. The summed E-state index contributed by atoms with van der Waals surface area (Å²) in [5.74, 6) is 0. The second-order valence-electron chi connectivity index (χ2n) is 4.24. The molecule has 1 nitrogen and oxygen atoms in total. The molecule has 0 saturated heterocycles. The summed E-state index contributed by atoms with van der Waals surface area (Å²) >= 11 is 0. The molecule has 1 rings (SSSR count). The number of rotatable bonds is 2. The fraction of sp³-hybridized carbons (Fsp3) is 0.500. The summed E-state index contributed by atoms with van der Waals surface area (Å²) in [4.78, 5) is 0. The minimum absolute atomic E-state index is 0.0649. The molecule has 1 aliphatic carbocycles. The van der Waals surface area contributed by atoms with E-state index in [0.717, 1.165) is 12.1 Å².